The second-order valence-electron chi connectivity index (χ2n) is 8.81. The molecule has 2 N–H and O–H groups in total. The van der Waals surface area contributed by atoms with Gasteiger partial charge in [0.25, 0.3) is 0 Å². The molecule has 3 fully saturated rings. The molecule has 1 unspecified atom stereocenters. The van der Waals surface area contributed by atoms with Gasteiger partial charge in [-0.2, -0.15) is 0 Å². The third-order valence-corrected chi connectivity index (χ3v) is 6.77. The van der Waals surface area contributed by atoms with Crippen molar-refractivity contribution in [1.82, 2.24) is 15.5 Å². The molecule has 1 aromatic rings. The van der Waals surface area contributed by atoms with Crippen LogP contribution in [0.4, 0.5) is 0 Å². The molecule has 1 saturated heterocycles. The van der Waals surface area contributed by atoms with Crippen LogP contribution < -0.4 is 10.6 Å². The normalized spacial score (nSPS) is 24.8. The third-order valence-electron chi connectivity index (χ3n) is 6.77. The topological polar surface area (TPSA) is 39.7 Å². The number of hydrogen-bond acceptors (Lipinski definition) is 2. The summed E-state index contributed by atoms with van der Waals surface area (Å²) < 4.78 is 0. The Morgan fingerprint density at radius 1 is 1.11 bits per heavy atom. The smallest absolute Gasteiger partial charge is 0.191 e. The van der Waals surface area contributed by atoms with Crippen LogP contribution in [0.25, 0.3) is 0 Å². The molecule has 1 atom stereocenters. The van der Waals surface area contributed by atoms with E-state index in [2.05, 4.69) is 52.8 Å². The fraction of sp³-hybridized carbons (Fsp3) is 0.696. The highest BCUT2D eigenvalue weighted by Gasteiger charge is 2.36. The zero-order valence-electron chi connectivity index (χ0n) is 17.3. The molecule has 1 aliphatic heterocycles. The SMILES string of the molecule is CCNC(=NCC1(c2ccccc2)CCCC1)NCC1CCN(C2CC2)C1.I. The number of nitrogens with zero attached hydrogens (tertiary/aromatic N) is 2. The van der Waals surface area contributed by atoms with E-state index in [1.165, 1.54) is 63.6 Å². The number of halogens is 1. The molecule has 0 amide bonds. The molecule has 5 heteroatoms. The number of guanidine groups is 1. The second kappa shape index (κ2) is 10.3. The zero-order valence-corrected chi connectivity index (χ0v) is 19.7. The van der Waals surface area contributed by atoms with Crippen molar-refractivity contribution in [2.75, 3.05) is 32.7 Å². The summed E-state index contributed by atoms with van der Waals surface area (Å²) >= 11 is 0. The minimum atomic E-state index is 0. The summed E-state index contributed by atoms with van der Waals surface area (Å²) in [5.41, 5.74) is 1.71. The molecule has 0 bridgehead atoms. The first-order valence-electron chi connectivity index (χ1n) is 11.1. The van der Waals surface area contributed by atoms with E-state index in [1.807, 2.05) is 0 Å². The standard InChI is InChI=1S/C23H36N4.HI/c1-2-24-22(25-16-19-12-15-27(17-19)21-10-11-21)26-18-23(13-6-7-14-23)20-8-4-3-5-9-20;/h3-5,8-9,19,21H,2,6-7,10-18H2,1H3,(H2,24,25,26);1H. The minimum Gasteiger partial charge on any atom is -0.357 e. The van der Waals surface area contributed by atoms with Crippen molar-refractivity contribution < 1.29 is 0 Å². The quantitative estimate of drug-likeness (QED) is 0.339. The zero-order chi connectivity index (χ0) is 18.5. The average Bonchev–Trinajstić information content (AvgIpc) is 3.25. The van der Waals surface area contributed by atoms with Crippen LogP contribution in [-0.4, -0.2) is 49.6 Å². The number of nitrogens with one attached hydrogen (secondary N) is 2. The van der Waals surface area contributed by atoms with E-state index >= 15 is 0 Å². The van der Waals surface area contributed by atoms with Crippen molar-refractivity contribution in [2.45, 2.75) is 63.3 Å². The van der Waals surface area contributed by atoms with Crippen LogP contribution in [0.5, 0.6) is 0 Å². The largest absolute Gasteiger partial charge is 0.357 e. The van der Waals surface area contributed by atoms with Crippen LogP contribution in [-0.2, 0) is 5.41 Å². The van der Waals surface area contributed by atoms with Crippen molar-refractivity contribution >= 4 is 29.9 Å². The van der Waals surface area contributed by atoms with E-state index in [0.717, 1.165) is 37.6 Å². The predicted molar refractivity (Wildman–Crippen MR) is 129 cm³/mol. The number of rotatable bonds is 7. The Bertz CT molecular complexity index is 623. The van der Waals surface area contributed by atoms with Crippen LogP contribution in [0.15, 0.2) is 35.3 Å². The lowest BCUT2D eigenvalue weighted by Gasteiger charge is -2.28. The summed E-state index contributed by atoms with van der Waals surface area (Å²) in [6, 6.07) is 12.0. The minimum absolute atomic E-state index is 0. The molecule has 3 aliphatic rings. The van der Waals surface area contributed by atoms with Gasteiger partial charge < -0.3 is 15.5 Å². The summed E-state index contributed by atoms with van der Waals surface area (Å²) in [6.45, 7) is 7.58. The maximum atomic E-state index is 5.05. The van der Waals surface area contributed by atoms with E-state index in [0.29, 0.717) is 0 Å². The van der Waals surface area contributed by atoms with E-state index in [1.54, 1.807) is 0 Å². The van der Waals surface area contributed by atoms with Crippen LogP contribution in [0.3, 0.4) is 0 Å². The maximum absolute atomic E-state index is 5.05. The first-order chi connectivity index (χ1) is 13.3. The van der Waals surface area contributed by atoms with Crippen LogP contribution >= 0.6 is 24.0 Å². The predicted octanol–water partition coefficient (Wildman–Crippen LogP) is 4.16. The summed E-state index contributed by atoms with van der Waals surface area (Å²) in [7, 11) is 0. The summed E-state index contributed by atoms with van der Waals surface area (Å²) in [4.78, 5) is 7.75. The average molecular weight is 496 g/mol. The molecule has 28 heavy (non-hydrogen) atoms. The van der Waals surface area contributed by atoms with Gasteiger partial charge in [-0.3, -0.25) is 4.99 Å². The van der Waals surface area contributed by atoms with Gasteiger partial charge in [0.2, 0.25) is 0 Å². The van der Waals surface area contributed by atoms with E-state index in [9.17, 15) is 0 Å². The van der Waals surface area contributed by atoms with E-state index < -0.39 is 0 Å². The highest BCUT2D eigenvalue weighted by molar-refractivity contribution is 14.0. The van der Waals surface area contributed by atoms with Crippen LogP contribution in [0.1, 0.15) is 57.4 Å². The number of hydrogen-bond donors (Lipinski definition) is 2. The van der Waals surface area contributed by atoms with Crippen molar-refractivity contribution in [3.05, 3.63) is 35.9 Å². The Labute approximate surface area is 188 Å². The van der Waals surface area contributed by atoms with Gasteiger partial charge in [-0.25, -0.2) is 0 Å². The molecule has 4 nitrogen and oxygen atoms in total. The fourth-order valence-electron chi connectivity index (χ4n) is 5.00. The lowest BCUT2D eigenvalue weighted by molar-refractivity contribution is 0.314. The second-order valence-corrected chi connectivity index (χ2v) is 8.81. The molecule has 156 valence electrons. The Morgan fingerprint density at radius 2 is 1.86 bits per heavy atom. The molecule has 2 aliphatic carbocycles. The molecule has 1 aromatic carbocycles. The lowest BCUT2D eigenvalue weighted by Crippen LogP contribution is -2.41. The van der Waals surface area contributed by atoms with Gasteiger partial charge in [-0.1, -0.05) is 43.2 Å². The summed E-state index contributed by atoms with van der Waals surface area (Å²) in [5, 5.41) is 7.12. The Kier molecular flexibility index (Phi) is 8.03. The Hall–Kier alpha value is -0.820. The van der Waals surface area contributed by atoms with Crippen molar-refractivity contribution in [3.8, 4) is 0 Å². The fourth-order valence-corrected chi connectivity index (χ4v) is 5.00. The Balaban J connectivity index is 0.00000225. The molecule has 0 aromatic heterocycles. The van der Waals surface area contributed by atoms with E-state index in [4.69, 9.17) is 4.99 Å². The molecule has 2 saturated carbocycles. The molecule has 4 rings (SSSR count). The van der Waals surface area contributed by atoms with Gasteiger partial charge in [0.05, 0.1) is 6.54 Å². The molecule has 0 spiro atoms. The number of likely N-dealkylation sites (tertiary alicyclic amines) is 1. The Morgan fingerprint density at radius 3 is 2.54 bits per heavy atom. The first-order valence-corrected chi connectivity index (χ1v) is 11.1. The van der Waals surface area contributed by atoms with Crippen LogP contribution in [0.2, 0.25) is 0 Å². The first kappa shape index (κ1) is 21.9. The van der Waals surface area contributed by atoms with Gasteiger partial charge in [0, 0.05) is 31.1 Å². The van der Waals surface area contributed by atoms with E-state index in [-0.39, 0.29) is 29.4 Å². The van der Waals surface area contributed by atoms with Crippen molar-refractivity contribution in [3.63, 3.8) is 0 Å². The molecule has 0 radical (unpaired) electrons. The highest BCUT2D eigenvalue weighted by Crippen LogP contribution is 2.41. The molecular weight excluding hydrogens is 459 g/mol. The summed E-state index contributed by atoms with van der Waals surface area (Å²) in [5.74, 6) is 1.77. The number of aliphatic imine (C=N–C) groups is 1. The number of benzene rings is 1. The van der Waals surface area contributed by atoms with Gasteiger partial charge in [0.1, 0.15) is 0 Å². The highest BCUT2D eigenvalue weighted by atomic mass is 127. The van der Waals surface area contributed by atoms with Gasteiger partial charge in [-0.05, 0) is 57.1 Å². The monoisotopic (exact) mass is 496 g/mol. The molecular formula is C23H37IN4. The van der Waals surface area contributed by atoms with Crippen molar-refractivity contribution in [2.24, 2.45) is 10.9 Å². The van der Waals surface area contributed by atoms with Gasteiger partial charge >= 0.3 is 0 Å². The lowest BCUT2D eigenvalue weighted by atomic mass is 9.79. The van der Waals surface area contributed by atoms with Gasteiger partial charge in [0.15, 0.2) is 5.96 Å². The maximum Gasteiger partial charge on any atom is 0.191 e. The summed E-state index contributed by atoms with van der Waals surface area (Å²) in [6.07, 6.45) is 9.35. The van der Waals surface area contributed by atoms with Crippen LogP contribution in [0, 0.1) is 5.92 Å². The molecule has 1 heterocycles. The van der Waals surface area contributed by atoms with Gasteiger partial charge in [-0.15, -0.1) is 24.0 Å². The van der Waals surface area contributed by atoms with Crippen molar-refractivity contribution in [1.29, 1.82) is 0 Å². The third kappa shape index (κ3) is 5.41.